The number of carbonyl (C=O) groups is 1. The minimum Gasteiger partial charge on any atom is -0.394 e. The van der Waals surface area contributed by atoms with E-state index in [0.717, 1.165) is 96.3 Å². The summed E-state index contributed by atoms with van der Waals surface area (Å²) in [6.45, 7) is 1.55. The average molecular weight is 1210 g/mol. The Balaban J connectivity index is 1.37. The summed E-state index contributed by atoms with van der Waals surface area (Å²) < 4.78 is 34.2. The maximum absolute atomic E-state index is 13.3. The molecule has 0 spiro atoms. The first-order valence-electron chi connectivity index (χ1n) is 32.3. The number of hydrogen-bond acceptors (Lipinski definition) is 18. The number of aliphatic hydroxyl groups is 11. The van der Waals surface area contributed by atoms with E-state index in [4.69, 9.17) is 28.4 Å². The molecule has 1 amide bonds. The first-order valence-corrected chi connectivity index (χ1v) is 32.3. The van der Waals surface area contributed by atoms with Gasteiger partial charge in [0.25, 0.3) is 0 Å². The molecule has 3 fully saturated rings. The van der Waals surface area contributed by atoms with Crippen LogP contribution in [0.25, 0.3) is 0 Å². The van der Waals surface area contributed by atoms with Crippen molar-refractivity contribution in [1.29, 1.82) is 0 Å². The van der Waals surface area contributed by atoms with Gasteiger partial charge in [-0.2, -0.15) is 0 Å². The van der Waals surface area contributed by atoms with Gasteiger partial charge in [-0.25, -0.2) is 0 Å². The number of aliphatic hydroxyl groups excluding tert-OH is 11. The third-order valence-corrected chi connectivity index (χ3v) is 15.7. The van der Waals surface area contributed by atoms with Gasteiger partial charge in [0.1, 0.15) is 73.2 Å². The van der Waals surface area contributed by atoms with Gasteiger partial charge in [-0.05, 0) is 70.6 Å². The molecule has 0 aromatic carbocycles. The molecule has 12 N–H and O–H groups in total. The van der Waals surface area contributed by atoms with E-state index in [1.807, 2.05) is 6.08 Å². The first kappa shape index (κ1) is 76.2. The van der Waals surface area contributed by atoms with Crippen molar-refractivity contribution in [3.8, 4) is 0 Å². The zero-order valence-corrected chi connectivity index (χ0v) is 51.3. The summed E-state index contributed by atoms with van der Waals surface area (Å²) in [5.74, 6) is -0.285. The first-order chi connectivity index (χ1) is 41.3. The van der Waals surface area contributed by atoms with Crippen molar-refractivity contribution in [1.82, 2.24) is 5.32 Å². The molecule has 3 saturated heterocycles. The Morgan fingerprint density at radius 3 is 1.27 bits per heavy atom. The number of rotatable bonds is 47. The number of nitrogens with one attached hydrogen (secondary N) is 1. The van der Waals surface area contributed by atoms with Crippen LogP contribution in [0.5, 0.6) is 0 Å². The third-order valence-electron chi connectivity index (χ3n) is 15.7. The summed E-state index contributed by atoms with van der Waals surface area (Å²) in [6.07, 6.45) is 33.0. The Kier molecular flexibility index (Phi) is 43.0. The van der Waals surface area contributed by atoms with E-state index < -0.39 is 124 Å². The second-order valence-corrected chi connectivity index (χ2v) is 22.8. The summed E-state index contributed by atoms with van der Waals surface area (Å²) in [5.41, 5.74) is 0. The predicted molar refractivity (Wildman–Crippen MR) is 328 cm³/mol. The molecule has 17 atom stereocenters. The average Bonchev–Trinajstić information content (AvgIpc) is 2.29. The quantitative estimate of drug-likeness (QED) is 0.0213. The van der Waals surface area contributed by atoms with Crippen molar-refractivity contribution >= 4 is 5.91 Å². The molecule has 3 heterocycles. The van der Waals surface area contributed by atoms with Crippen molar-refractivity contribution in [2.45, 2.75) is 298 Å². The molecule has 3 aliphatic heterocycles. The molecule has 0 saturated carbocycles. The molecule has 3 aliphatic rings. The minimum absolute atomic E-state index is 0.236. The summed E-state index contributed by atoms with van der Waals surface area (Å²) in [5, 5.41) is 120. The van der Waals surface area contributed by atoms with Gasteiger partial charge < -0.3 is 89.9 Å². The molecule has 19 nitrogen and oxygen atoms in total. The molecule has 0 aromatic rings. The van der Waals surface area contributed by atoms with Crippen LogP contribution in [-0.4, -0.2) is 193 Å². The van der Waals surface area contributed by atoms with E-state index in [1.165, 1.54) is 70.6 Å². The van der Waals surface area contributed by atoms with Gasteiger partial charge in [0.2, 0.25) is 5.91 Å². The Morgan fingerprint density at radius 1 is 0.435 bits per heavy atom. The van der Waals surface area contributed by atoms with E-state index >= 15 is 0 Å². The van der Waals surface area contributed by atoms with Crippen molar-refractivity contribution < 1.29 is 89.4 Å². The number of hydrogen-bond donors (Lipinski definition) is 12. The highest BCUT2D eigenvalue weighted by Gasteiger charge is 2.53. The van der Waals surface area contributed by atoms with E-state index in [0.29, 0.717) is 6.42 Å². The van der Waals surface area contributed by atoms with Crippen LogP contribution in [0, 0.1) is 0 Å². The molecule has 0 radical (unpaired) electrons. The fourth-order valence-electron chi connectivity index (χ4n) is 10.4. The van der Waals surface area contributed by atoms with Crippen LogP contribution in [0.1, 0.15) is 194 Å². The van der Waals surface area contributed by atoms with Crippen LogP contribution in [0.15, 0.2) is 85.1 Å². The lowest BCUT2D eigenvalue weighted by Crippen LogP contribution is -2.66. The van der Waals surface area contributed by atoms with Gasteiger partial charge in [0.05, 0.1) is 38.6 Å². The predicted octanol–water partition coefficient (Wildman–Crippen LogP) is 7.15. The highest BCUT2D eigenvalue weighted by Crippen LogP contribution is 2.33. The maximum Gasteiger partial charge on any atom is 0.220 e. The molecule has 0 bridgehead atoms. The zero-order chi connectivity index (χ0) is 61.9. The lowest BCUT2D eigenvalue weighted by Gasteiger charge is -2.48. The lowest BCUT2D eigenvalue weighted by atomic mass is 9.96. The van der Waals surface area contributed by atoms with Crippen molar-refractivity contribution in [3.05, 3.63) is 85.1 Å². The van der Waals surface area contributed by atoms with Crippen LogP contribution < -0.4 is 5.32 Å². The molecule has 3 rings (SSSR count). The van der Waals surface area contributed by atoms with Gasteiger partial charge in [-0.1, -0.05) is 202 Å². The van der Waals surface area contributed by atoms with Crippen LogP contribution in [0.3, 0.4) is 0 Å². The van der Waals surface area contributed by atoms with Gasteiger partial charge >= 0.3 is 0 Å². The van der Waals surface area contributed by atoms with E-state index in [9.17, 15) is 61.0 Å². The standard InChI is InChI=1S/C66H113NO18/c1-3-5-7-9-11-13-14-15-16-17-18-19-20-21-22-23-24-25-26-27-28-29-30-31-32-33-34-36-38-40-42-44-54(72)67-49(50(71)43-41-39-37-35-12-10-8-6-4-2)48-80-64-60(78)57(75)62(52(46-69)82-64)85-66-61(79)58(76)63(53(47-70)83-66)84-65-59(77)56(74)55(73)51(45-68)81-65/h5,7,11,13,15-16,18-19,21-22,24-25,41,43,49-53,55-66,68-71,73-79H,3-4,6,8-10,12,14,17,20,23,26-40,42,44-48H2,1-2H3,(H,67,72)/b7-5-,13-11-,16-15-,19-18-,22-21-,25-24-,43-41+. The Labute approximate surface area is 508 Å². The van der Waals surface area contributed by atoms with Crippen LogP contribution in [0.4, 0.5) is 0 Å². The van der Waals surface area contributed by atoms with E-state index in [-0.39, 0.29) is 18.9 Å². The number of ether oxygens (including phenoxy) is 6. The number of allylic oxidation sites excluding steroid dienone is 13. The molecule has 17 unspecified atom stereocenters. The van der Waals surface area contributed by atoms with Gasteiger partial charge in [0, 0.05) is 6.42 Å². The van der Waals surface area contributed by atoms with E-state index in [2.05, 4.69) is 92.1 Å². The molecular weight excluding hydrogens is 1090 g/mol. The largest absolute Gasteiger partial charge is 0.394 e. The fourth-order valence-corrected chi connectivity index (χ4v) is 10.4. The Bertz CT molecular complexity index is 1880. The number of unbranched alkanes of at least 4 members (excludes halogenated alkanes) is 19. The summed E-state index contributed by atoms with van der Waals surface area (Å²) in [7, 11) is 0. The van der Waals surface area contributed by atoms with Crippen LogP contribution >= 0.6 is 0 Å². The van der Waals surface area contributed by atoms with Crippen LogP contribution in [-0.2, 0) is 33.2 Å². The van der Waals surface area contributed by atoms with Crippen LogP contribution in [0.2, 0.25) is 0 Å². The van der Waals surface area contributed by atoms with Crippen molar-refractivity contribution in [2.24, 2.45) is 0 Å². The maximum atomic E-state index is 13.3. The fraction of sp³-hybridized carbons (Fsp3) is 0.773. The molecule has 0 aromatic heterocycles. The minimum atomic E-state index is -1.98. The SMILES string of the molecule is CC/C=C\C/C=C\C/C=C\C/C=C\C/C=C\C/C=C\CCCCCCCCCCCCCCC(=O)NC(COC1OC(CO)C(OC2OC(CO)C(OC3OC(CO)C(O)C(O)C3O)C(O)C2O)C(O)C1O)C(O)/C=C/CCCCCCCCC. The third kappa shape index (κ3) is 30.8. The monoisotopic (exact) mass is 1210 g/mol. The smallest absolute Gasteiger partial charge is 0.220 e. The van der Waals surface area contributed by atoms with Crippen molar-refractivity contribution in [2.75, 3.05) is 26.4 Å². The second-order valence-electron chi connectivity index (χ2n) is 22.8. The molecule has 19 heteroatoms. The molecule has 490 valence electrons. The topological polar surface area (TPSA) is 307 Å². The number of carbonyl (C=O) groups excluding carboxylic acids is 1. The highest BCUT2D eigenvalue weighted by atomic mass is 16.8. The van der Waals surface area contributed by atoms with Gasteiger partial charge in [0.15, 0.2) is 18.9 Å². The molecule has 85 heavy (non-hydrogen) atoms. The lowest BCUT2D eigenvalue weighted by molar-refractivity contribution is -0.379. The van der Waals surface area contributed by atoms with Gasteiger partial charge in [-0.15, -0.1) is 0 Å². The normalized spacial score (nSPS) is 29.5. The Hall–Kier alpha value is -3.03. The van der Waals surface area contributed by atoms with Crippen molar-refractivity contribution in [3.63, 3.8) is 0 Å². The zero-order valence-electron chi connectivity index (χ0n) is 51.3. The summed E-state index contributed by atoms with van der Waals surface area (Å²) in [4.78, 5) is 13.3. The number of amides is 1. The van der Waals surface area contributed by atoms with E-state index in [1.54, 1.807) is 6.08 Å². The summed E-state index contributed by atoms with van der Waals surface area (Å²) in [6, 6.07) is -0.976. The Morgan fingerprint density at radius 2 is 0.812 bits per heavy atom. The molecular formula is C66H113NO18. The highest BCUT2D eigenvalue weighted by molar-refractivity contribution is 5.76. The molecule has 0 aliphatic carbocycles. The summed E-state index contributed by atoms with van der Waals surface area (Å²) >= 11 is 0. The van der Waals surface area contributed by atoms with Gasteiger partial charge in [-0.3, -0.25) is 4.79 Å². The second kappa shape index (κ2) is 47.9.